The summed E-state index contributed by atoms with van der Waals surface area (Å²) in [5.41, 5.74) is 8.06. The summed E-state index contributed by atoms with van der Waals surface area (Å²) in [6.45, 7) is 2.55. The van der Waals surface area contributed by atoms with Gasteiger partial charge < -0.3 is 10.5 Å². The fraction of sp³-hybridized carbons (Fsp3) is 0.533. The van der Waals surface area contributed by atoms with E-state index in [4.69, 9.17) is 34.3 Å². The van der Waals surface area contributed by atoms with Crippen LogP contribution in [0.2, 0.25) is 5.02 Å². The van der Waals surface area contributed by atoms with Gasteiger partial charge >= 0.3 is 0 Å². The van der Waals surface area contributed by atoms with Crippen molar-refractivity contribution in [2.75, 3.05) is 13.2 Å². The maximum absolute atomic E-state index is 6.22. The van der Waals surface area contributed by atoms with E-state index >= 15 is 0 Å². The van der Waals surface area contributed by atoms with Crippen molar-refractivity contribution in [3.05, 3.63) is 28.3 Å². The Balaban J connectivity index is 1.76. The van der Waals surface area contributed by atoms with Crippen LogP contribution in [-0.2, 0) is 13.0 Å². The molecule has 20 heavy (non-hydrogen) atoms. The highest BCUT2D eigenvalue weighted by Crippen LogP contribution is 2.36. The van der Waals surface area contributed by atoms with Crippen LogP contribution in [0.5, 0.6) is 5.75 Å². The first-order chi connectivity index (χ1) is 9.63. The number of hydrogen-bond donors (Lipinski definition) is 1. The van der Waals surface area contributed by atoms with E-state index in [2.05, 4.69) is 4.90 Å². The summed E-state index contributed by atoms with van der Waals surface area (Å²) in [6, 6.07) is 4.71. The van der Waals surface area contributed by atoms with Crippen LogP contribution < -0.4 is 10.5 Å². The first-order valence-corrected chi connectivity index (χ1v) is 7.88. The van der Waals surface area contributed by atoms with Crippen LogP contribution >= 0.6 is 23.8 Å². The third kappa shape index (κ3) is 3.25. The average molecular weight is 311 g/mol. The molecule has 1 aromatic rings. The van der Waals surface area contributed by atoms with Gasteiger partial charge in [0, 0.05) is 42.6 Å². The van der Waals surface area contributed by atoms with Crippen LogP contribution in [0.1, 0.15) is 30.4 Å². The summed E-state index contributed by atoms with van der Waals surface area (Å²) in [7, 11) is 0. The summed E-state index contributed by atoms with van der Waals surface area (Å²) in [4.78, 5) is 3.04. The number of rotatable bonds is 6. The quantitative estimate of drug-likeness (QED) is 0.820. The monoisotopic (exact) mass is 310 g/mol. The fourth-order valence-electron chi connectivity index (χ4n) is 2.77. The Morgan fingerprint density at radius 2 is 2.25 bits per heavy atom. The number of nitrogens with two attached hydrogens (primary N) is 1. The first kappa shape index (κ1) is 14.1. The third-order valence-electron chi connectivity index (χ3n) is 3.91. The van der Waals surface area contributed by atoms with Crippen LogP contribution in [0.15, 0.2) is 12.1 Å². The average Bonchev–Trinajstić information content (AvgIpc) is 3.12. The van der Waals surface area contributed by atoms with E-state index in [9.17, 15) is 0 Å². The maximum Gasteiger partial charge on any atom is 0.127 e. The Kier molecular flexibility index (Phi) is 4.15. The van der Waals surface area contributed by atoms with E-state index in [1.165, 1.54) is 24.0 Å². The highest BCUT2D eigenvalue weighted by Gasteiger charge is 2.30. The standard InChI is InChI=1S/C15H19ClN2OS/c16-12-7-10-4-6-19-15(10)11(8-12)9-18(13-1-2-13)5-3-14(17)20/h7-8,13H,1-6,9H2,(H2,17,20). The summed E-state index contributed by atoms with van der Waals surface area (Å²) < 4.78 is 5.78. The second-order valence-electron chi connectivity index (χ2n) is 5.57. The summed E-state index contributed by atoms with van der Waals surface area (Å²) >= 11 is 11.2. The van der Waals surface area contributed by atoms with Gasteiger partial charge in [0.25, 0.3) is 0 Å². The van der Waals surface area contributed by atoms with Gasteiger partial charge in [0.05, 0.1) is 11.6 Å². The normalized spacial score (nSPS) is 17.1. The van der Waals surface area contributed by atoms with Crippen molar-refractivity contribution in [2.45, 2.75) is 38.3 Å². The van der Waals surface area contributed by atoms with E-state index in [1.807, 2.05) is 12.1 Å². The molecule has 0 radical (unpaired) electrons. The Labute approximate surface area is 130 Å². The molecule has 108 valence electrons. The van der Waals surface area contributed by atoms with Gasteiger partial charge in [0.1, 0.15) is 5.75 Å². The minimum absolute atomic E-state index is 0.586. The van der Waals surface area contributed by atoms with Crippen molar-refractivity contribution in [3.63, 3.8) is 0 Å². The number of halogens is 1. The van der Waals surface area contributed by atoms with Crippen molar-refractivity contribution >= 4 is 28.8 Å². The van der Waals surface area contributed by atoms with Crippen LogP contribution in [-0.4, -0.2) is 29.1 Å². The smallest absolute Gasteiger partial charge is 0.127 e. The van der Waals surface area contributed by atoms with Crippen LogP contribution in [0.4, 0.5) is 0 Å². The van der Waals surface area contributed by atoms with Gasteiger partial charge in [-0.25, -0.2) is 0 Å². The predicted molar refractivity (Wildman–Crippen MR) is 85.5 cm³/mol. The Morgan fingerprint density at radius 3 is 2.95 bits per heavy atom. The van der Waals surface area contributed by atoms with E-state index in [0.717, 1.165) is 43.3 Å². The lowest BCUT2D eigenvalue weighted by Gasteiger charge is -2.23. The molecule has 1 fully saturated rings. The van der Waals surface area contributed by atoms with Gasteiger partial charge in [-0.05, 0) is 30.5 Å². The van der Waals surface area contributed by atoms with Gasteiger partial charge in [-0.15, -0.1) is 0 Å². The fourth-order valence-corrected chi connectivity index (χ4v) is 3.12. The van der Waals surface area contributed by atoms with Gasteiger partial charge in [-0.2, -0.15) is 0 Å². The number of benzene rings is 1. The highest BCUT2D eigenvalue weighted by molar-refractivity contribution is 7.80. The highest BCUT2D eigenvalue weighted by atomic mass is 35.5. The molecule has 0 atom stereocenters. The largest absolute Gasteiger partial charge is 0.493 e. The van der Waals surface area contributed by atoms with E-state index in [0.29, 0.717) is 11.0 Å². The van der Waals surface area contributed by atoms with Crippen LogP contribution in [0.3, 0.4) is 0 Å². The zero-order chi connectivity index (χ0) is 14.1. The van der Waals surface area contributed by atoms with E-state index in [-0.39, 0.29) is 0 Å². The molecule has 1 saturated carbocycles. The molecule has 1 aliphatic heterocycles. The lowest BCUT2D eigenvalue weighted by atomic mass is 10.1. The molecule has 0 spiro atoms. The second kappa shape index (κ2) is 5.88. The summed E-state index contributed by atoms with van der Waals surface area (Å²) in [5, 5.41) is 0.800. The lowest BCUT2D eigenvalue weighted by molar-refractivity contribution is 0.256. The summed E-state index contributed by atoms with van der Waals surface area (Å²) in [6.07, 6.45) is 4.26. The first-order valence-electron chi connectivity index (χ1n) is 7.10. The zero-order valence-corrected chi connectivity index (χ0v) is 13.0. The summed E-state index contributed by atoms with van der Waals surface area (Å²) in [5.74, 6) is 1.04. The van der Waals surface area contributed by atoms with Crippen LogP contribution in [0, 0.1) is 0 Å². The number of ether oxygens (including phenoxy) is 1. The van der Waals surface area contributed by atoms with Crippen molar-refractivity contribution in [1.82, 2.24) is 4.90 Å². The molecular formula is C15H19ClN2OS. The molecule has 2 aliphatic rings. The number of thiocarbonyl (C=S) groups is 1. The minimum atomic E-state index is 0.586. The molecule has 0 aromatic heterocycles. The van der Waals surface area contributed by atoms with Crippen LogP contribution in [0.25, 0.3) is 0 Å². The number of nitrogens with zero attached hydrogens (tertiary/aromatic N) is 1. The lowest BCUT2D eigenvalue weighted by Crippen LogP contribution is -2.29. The molecule has 0 saturated heterocycles. The molecule has 1 aliphatic carbocycles. The molecule has 1 aromatic carbocycles. The predicted octanol–water partition coefficient (Wildman–Crippen LogP) is 2.92. The van der Waals surface area contributed by atoms with Crippen molar-refractivity contribution in [1.29, 1.82) is 0 Å². The zero-order valence-electron chi connectivity index (χ0n) is 11.4. The minimum Gasteiger partial charge on any atom is -0.493 e. The Bertz CT molecular complexity index is 531. The van der Waals surface area contributed by atoms with Crippen molar-refractivity contribution in [2.24, 2.45) is 5.73 Å². The third-order valence-corrected chi connectivity index (χ3v) is 4.33. The molecular weight excluding hydrogens is 292 g/mol. The molecule has 0 bridgehead atoms. The number of hydrogen-bond acceptors (Lipinski definition) is 3. The Hall–Kier alpha value is -0.840. The topological polar surface area (TPSA) is 38.5 Å². The maximum atomic E-state index is 6.22. The van der Waals surface area contributed by atoms with Gasteiger partial charge in [-0.1, -0.05) is 23.8 Å². The van der Waals surface area contributed by atoms with Gasteiger partial charge in [0.2, 0.25) is 0 Å². The SMILES string of the molecule is NC(=S)CCN(Cc1cc(Cl)cc2c1OCC2)C1CC1. The molecule has 0 unspecified atom stereocenters. The van der Waals surface area contributed by atoms with E-state index in [1.54, 1.807) is 0 Å². The molecule has 3 nitrogen and oxygen atoms in total. The number of fused-ring (bicyclic) bond motifs is 1. The molecule has 2 N–H and O–H groups in total. The van der Waals surface area contributed by atoms with Gasteiger partial charge in [-0.3, -0.25) is 4.90 Å². The van der Waals surface area contributed by atoms with Gasteiger partial charge in [0.15, 0.2) is 0 Å². The van der Waals surface area contributed by atoms with Crippen molar-refractivity contribution < 1.29 is 4.74 Å². The molecule has 3 rings (SSSR count). The molecule has 5 heteroatoms. The molecule has 0 amide bonds. The molecule has 1 heterocycles. The Morgan fingerprint density at radius 1 is 1.45 bits per heavy atom. The second-order valence-corrected chi connectivity index (χ2v) is 6.53. The van der Waals surface area contributed by atoms with Crippen molar-refractivity contribution in [3.8, 4) is 5.75 Å². The van der Waals surface area contributed by atoms with E-state index < -0.39 is 0 Å².